The van der Waals surface area contributed by atoms with Gasteiger partial charge < -0.3 is 9.84 Å². The van der Waals surface area contributed by atoms with Gasteiger partial charge in [-0.25, -0.2) is 8.42 Å². The van der Waals surface area contributed by atoms with Gasteiger partial charge in [-0.05, 0) is 25.3 Å². The molecule has 0 saturated carbocycles. The summed E-state index contributed by atoms with van der Waals surface area (Å²) in [6.07, 6.45) is 3.24. The molecular weight excluding hydrogens is 242 g/mol. The van der Waals surface area contributed by atoms with E-state index in [1.54, 1.807) is 0 Å². The minimum atomic E-state index is -3.11. The molecule has 7 heteroatoms. The third kappa shape index (κ3) is 3.50. The molecule has 1 saturated heterocycles. The predicted molar refractivity (Wildman–Crippen MR) is 62.0 cm³/mol. The van der Waals surface area contributed by atoms with Crippen molar-refractivity contribution in [1.29, 1.82) is 0 Å². The van der Waals surface area contributed by atoms with Crippen molar-refractivity contribution in [2.24, 2.45) is 5.92 Å². The molecule has 2 unspecified atom stereocenters. The first-order valence-corrected chi connectivity index (χ1v) is 7.73. The van der Waals surface area contributed by atoms with Gasteiger partial charge in [-0.2, -0.15) is 4.98 Å². The quantitative estimate of drug-likeness (QED) is 0.859. The number of nitrogens with one attached hydrogen (secondary N) is 1. The Balaban J connectivity index is 2.07. The fourth-order valence-corrected chi connectivity index (χ4v) is 2.58. The van der Waals surface area contributed by atoms with Gasteiger partial charge >= 0.3 is 0 Å². The van der Waals surface area contributed by atoms with Gasteiger partial charge in [-0.1, -0.05) is 12.1 Å². The molecule has 2 atom stereocenters. The lowest BCUT2D eigenvalue weighted by Gasteiger charge is -2.25. The van der Waals surface area contributed by atoms with Crippen molar-refractivity contribution in [2.75, 3.05) is 12.8 Å². The standard InChI is InChI=1S/C10H17N3O3S/c1-7-3-4-11-8(5-7)10-12-9(13-16-10)6-17(2,14)15/h7-8,11H,3-6H2,1-2H3. The van der Waals surface area contributed by atoms with Gasteiger partial charge in [0.1, 0.15) is 5.75 Å². The number of nitrogens with zero attached hydrogens (tertiary/aromatic N) is 2. The zero-order valence-corrected chi connectivity index (χ0v) is 10.8. The van der Waals surface area contributed by atoms with Crippen LogP contribution >= 0.6 is 0 Å². The number of aromatic nitrogens is 2. The van der Waals surface area contributed by atoms with Crippen molar-refractivity contribution < 1.29 is 12.9 Å². The van der Waals surface area contributed by atoms with Crippen molar-refractivity contribution in [3.63, 3.8) is 0 Å². The number of rotatable bonds is 3. The van der Waals surface area contributed by atoms with Crippen LogP contribution in [0.5, 0.6) is 0 Å². The Labute approximate surface area is 101 Å². The van der Waals surface area contributed by atoms with Crippen molar-refractivity contribution >= 4 is 9.84 Å². The van der Waals surface area contributed by atoms with E-state index in [0.717, 1.165) is 25.6 Å². The molecule has 0 amide bonds. The molecule has 0 aromatic carbocycles. The molecule has 1 aromatic rings. The molecule has 0 bridgehead atoms. The Bertz CT molecular complexity index is 483. The van der Waals surface area contributed by atoms with Gasteiger partial charge in [0.25, 0.3) is 0 Å². The summed E-state index contributed by atoms with van der Waals surface area (Å²) >= 11 is 0. The maximum absolute atomic E-state index is 11.1. The van der Waals surface area contributed by atoms with Gasteiger partial charge in [0.2, 0.25) is 5.89 Å². The van der Waals surface area contributed by atoms with Crippen molar-refractivity contribution in [2.45, 2.75) is 31.6 Å². The topological polar surface area (TPSA) is 85.1 Å². The van der Waals surface area contributed by atoms with Crippen LogP contribution in [0.4, 0.5) is 0 Å². The molecule has 1 N–H and O–H groups in total. The summed E-state index contributed by atoms with van der Waals surface area (Å²) < 4.78 is 27.3. The third-order valence-electron chi connectivity index (χ3n) is 2.84. The molecule has 0 radical (unpaired) electrons. The fraction of sp³-hybridized carbons (Fsp3) is 0.800. The molecule has 96 valence electrons. The highest BCUT2D eigenvalue weighted by atomic mass is 32.2. The van der Waals surface area contributed by atoms with E-state index in [-0.39, 0.29) is 17.6 Å². The monoisotopic (exact) mass is 259 g/mol. The van der Waals surface area contributed by atoms with Crippen LogP contribution in [0.1, 0.15) is 37.5 Å². The van der Waals surface area contributed by atoms with Crippen LogP contribution < -0.4 is 5.32 Å². The van der Waals surface area contributed by atoms with Gasteiger partial charge in [-0.3, -0.25) is 0 Å². The number of hydrogen-bond acceptors (Lipinski definition) is 6. The summed E-state index contributed by atoms with van der Waals surface area (Å²) in [5.41, 5.74) is 0. The Morgan fingerprint density at radius 2 is 2.29 bits per heavy atom. The van der Waals surface area contributed by atoms with E-state index in [1.165, 1.54) is 0 Å². The summed E-state index contributed by atoms with van der Waals surface area (Å²) in [4.78, 5) is 4.13. The molecular formula is C10H17N3O3S. The number of piperidine rings is 1. The Morgan fingerprint density at radius 3 is 2.94 bits per heavy atom. The normalized spacial score (nSPS) is 26.0. The van der Waals surface area contributed by atoms with E-state index in [1.807, 2.05) is 0 Å². The average Bonchev–Trinajstić information content (AvgIpc) is 2.63. The first-order chi connectivity index (χ1) is 7.94. The summed E-state index contributed by atoms with van der Waals surface area (Å²) in [5, 5.41) is 6.99. The van der Waals surface area contributed by atoms with E-state index < -0.39 is 9.84 Å². The highest BCUT2D eigenvalue weighted by molar-refractivity contribution is 7.89. The van der Waals surface area contributed by atoms with Gasteiger partial charge in [0.05, 0.1) is 6.04 Å². The summed E-state index contributed by atoms with van der Waals surface area (Å²) in [6, 6.07) is 0.0551. The van der Waals surface area contributed by atoms with Crippen LogP contribution in [-0.4, -0.2) is 31.4 Å². The minimum absolute atomic E-state index is 0.0551. The van der Waals surface area contributed by atoms with Crippen molar-refractivity contribution in [3.8, 4) is 0 Å². The lowest BCUT2D eigenvalue weighted by Crippen LogP contribution is -2.30. The second-order valence-corrected chi connectivity index (χ2v) is 6.90. The molecule has 2 rings (SSSR count). The predicted octanol–water partition coefficient (Wildman–Crippen LogP) is 0.675. The summed E-state index contributed by atoms with van der Waals surface area (Å²) in [6.45, 7) is 3.11. The Hall–Kier alpha value is -0.950. The van der Waals surface area contributed by atoms with Crippen molar-refractivity contribution in [1.82, 2.24) is 15.5 Å². The SMILES string of the molecule is CC1CCNC(c2nc(CS(C)(=O)=O)no2)C1. The minimum Gasteiger partial charge on any atom is -0.338 e. The molecule has 1 aromatic heterocycles. The van der Waals surface area contributed by atoms with Crippen LogP contribution in [-0.2, 0) is 15.6 Å². The third-order valence-corrected chi connectivity index (χ3v) is 3.62. The maximum Gasteiger partial charge on any atom is 0.243 e. The largest absolute Gasteiger partial charge is 0.338 e. The van der Waals surface area contributed by atoms with Crippen LogP contribution in [0.15, 0.2) is 4.52 Å². The lowest BCUT2D eigenvalue weighted by atomic mass is 9.94. The van der Waals surface area contributed by atoms with Crippen LogP contribution in [0.25, 0.3) is 0 Å². The van der Waals surface area contributed by atoms with Crippen LogP contribution in [0.3, 0.4) is 0 Å². The van der Waals surface area contributed by atoms with Gasteiger partial charge in [0, 0.05) is 6.26 Å². The molecule has 2 heterocycles. The second-order valence-electron chi connectivity index (χ2n) is 4.76. The smallest absolute Gasteiger partial charge is 0.243 e. The van der Waals surface area contributed by atoms with E-state index in [9.17, 15) is 8.42 Å². The summed E-state index contributed by atoms with van der Waals surface area (Å²) in [7, 11) is -3.11. The highest BCUT2D eigenvalue weighted by Gasteiger charge is 2.25. The molecule has 1 fully saturated rings. The summed E-state index contributed by atoms with van der Waals surface area (Å²) in [5.74, 6) is 1.18. The van der Waals surface area contributed by atoms with Gasteiger partial charge in [0.15, 0.2) is 15.7 Å². The Kier molecular flexibility index (Phi) is 3.48. The highest BCUT2D eigenvalue weighted by Crippen LogP contribution is 2.25. The van der Waals surface area contributed by atoms with Crippen LogP contribution in [0.2, 0.25) is 0 Å². The van der Waals surface area contributed by atoms with E-state index >= 15 is 0 Å². The zero-order valence-electron chi connectivity index (χ0n) is 10.0. The van der Waals surface area contributed by atoms with Crippen LogP contribution in [0, 0.1) is 5.92 Å². The van der Waals surface area contributed by atoms with E-state index in [4.69, 9.17) is 4.52 Å². The second kappa shape index (κ2) is 4.73. The van der Waals surface area contributed by atoms with Crippen molar-refractivity contribution in [3.05, 3.63) is 11.7 Å². The first-order valence-electron chi connectivity index (χ1n) is 5.67. The molecule has 1 aliphatic heterocycles. The average molecular weight is 259 g/mol. The Morgan fingerprint density at radius 1 is 1.53 bits per heavy atom. The first kappa shape index (κ1) is 12.5. The molecule has 0 aliphatic carbocycles. The zero-order chi connectivity index (χ0) is 12.5. The number of hydrogen-bond donors (Lipinski definition) is 1. The van der Waals surface area contributed by atoms with E-state index in [2.05, 4.69) is 22.4 Å². The molecule has 17 heavy (non-hydrogen) atoms. The van der Waals surface area contributed by atoms with E-state index in [0.29, 0.717) is 11.8 Å². The number of sulfone groups is 1. The maximum atomic E-state index is 11.1. The fourth-order valence-electron chi connectivity index (χ4n) is 2.00. The molecule has 1 aliphatic rings. The van der Waals surface area contributed by atoms with Gasteiger partial charge in [-0.15, -0.1) is 0 Å². The molecule has 6 nitrogen and oxygen atoms in total. The molecule has 0 spiro atoms. The lowest BCUT2D eigenvalue weighted by molar-refractivity contribution is 0.259.